The highest BCUT2D eigenvalue weighted by Gasteiger charge is 2.42. The zero-order valence-corrected chi connectivity index (χ0v) is 16.1. The van der Waals surface area contributed by atoms with E-state index < -0.39 is 15.4 Å². The fourth-order valence-corrected chi connectivity index (χ4v) is 4.58. The zero-order valence-electron chi connectivity index (χ0n) is 15.3. The van der Waals surface area contributed by atoms with Crippen molar-refractivity contribution < 1.29 is 22.7 Å². The largest absolute Gasteiger partial charge is 0.381 e. The molecule has 9 heteroatoms. The number of ether oxygens (including phenoxy) is 2. The van der Waals surface area contributed by atoms with Gasteiger partial charge in [-0.05, 0) is 26.7 Å². The predicted molar refractivity (Wildman–Crippen MR) is 94.6 cm³/mol. The molecule has 0 bridgehead atoms. The molecular formula is C16H31N3O5S. The molecule has 0 unspecified atom stereocenters. The average molecular weight is 378 g/mol. The number of hydrogen-bond donors (Lipinski definition) is 1. The van der Waals surface area contributed by atoms with Gasteiger partial charge in [-0.2, -0.15) is 4.31 Å². The first-order valence-corrected chi connectivity index (χ1v) is 10.6. The molecule has 0 radical (unpaired) electrons. The van der Waals surface area contributed by atoms with E-state index in [9.17, 15) is 13.2 Å². The van der Waals surface area contributed by atoms with E-state index >= 15 is 0 Å². The van der Waals surface area contributed by atoms with Gasteiger partial charge in [0.05, 0.1) is 23.9 Å². The quantitative estimate of drug-likeness (QED) is 0.650. The van der Waals surface area contributed by atoms with Gasteiger partial charge in [0, 0.05) is 45.9 Å². The van der Waals surface area contributed by atoms with Gasteiger partial charge in [0.1, 0.15) is 0 Å². The van der Waals surface area contributed by atoms with Gasteiger partial charge < -0.3 is 20.1 Å². The minimum atomic E-state index is -3.35. The Kier molecular flexibility index (Phi) is 7.21. The van der Waals surface area contributed by atoms with Gasteiger partial charge in [-0.25, -0.2) is 8.42 Å². The monoisotopic (exact) mass is 377 g/mol. The van der Waals surface area contributed by atoms with Crippen molar-refractivity contribution in [2.24, 2.45) is 11.1 Å². The van der Waals surface area contributed by atoms with Gasteiger partial charge in [0.25, 0.3) is 0 Å². The molecule has 2 heterocycles. The molecule has 2 aliphatic rings. The number of nitrogens with two attached hydrogens (primary N) is 1. The zero-order chi connectivity index (χ0) is 18.5. The van der Waals surface area contributed by atoms with Crippen LogP contribution >= 0.6 is 0 Å². The molecule has 2 N–H and O–H groups in total. The SMILES string of the molecule is CC(C)OCCS(=O)(=O)N1CCN(C(=O)C2(CN)CCOCC2)CC1. The van der Waals surface area contributed by atoms with Crippen molar-refractivity contribution in [1.82, 2.24) is 9.21 Å². The molecule has 8 nitrogen and oxygen atoms in total. The van der Waals surface area contributed by atoms with Crippen LogP contribution in [0.3, 0.4) is 0 Å². The average Bonchev–Trinajstić information content (AvgIpc) is 2.61. The van der Waals surface area contributed by atoms with Crippen LogP contribution in [0.25, 0.3) is 0 Å². The summed E-state index contributed by atoms with van der Waals surface area (Å²) in [6.45, 7) is 6.81. The maximum atomic E-state index is 12.9. The summed E-state index contributed by atoms with van der Waals surface area (Å²) in [5, 5.41) is 0. The summed E-state index contributed by atoms with van der Waals surface area (Å²) in [4.78, 5) is 14.7. The number of nitrogens with zero attached hydrogens (tertiary/aromatic N) is 2. The first-order chi connectivity index (χ1) is 11.8. The van der Waals surface area contributed by atoms with E-state index in [0.717, 1.165) is 0 Å². The van der Waals surface area contributed by atoms with Gasteiger partial charge >= 0.3 is 0 Å². The molecule has 1 amide bonds. The lowest BCUT2D eigenvalue weighted by Gasteiger charge is -2.42. The Morgan fingerprint density at radius 2 is 1.80 bits per heavy atom. The predicted octanol–water partition coefficient (Wildman–Crippen LogP) is -0.359. The molecule has 0 aliphatic carbocycles. The molecule has 0 atom stereocenters. The van der Waals surface area contributed by atoms with Crippen LogP contribution in [0.4, 0.5) is 0 Å². The van der Waals surface area contributed by atoms with Crippen LogP contribution in [0.5, 0.6) is 0 Å². The Morgan fingerprint density at radius 3 is 2.32 bits per heavy atom. The maximum Gasteiger partial charge on any atom is 0.230 e. The number of rotatable bonds is 7. The van der Waals surface area contributed by atoms with E-state index in [2.05, 4.69) is 0 Å². The van der Waals surface area contributed by atoms with Gasteiger partial charge in [-0.1, -0.05) is 0 Å². The molecular weight excluding hydrogens is 346 g/mol. The van der Waals surface area contributed by atoms with Crippen molar-refractivity contribution >= 4 is 15.9 Å². The number of amides is 1. The first-order valence-electron chi connectivity index (χ1n) is 8.97. The third-order valence-electron chi connectivity index (χ3n) is 5.01. The summed E-state index contributed by atoms with van der Waals surface area (Å²) in [5.41, 5.74) is 5.35. The Hall–Kier alpha value is -0.740. The molecule has 2 aliphatic heterocycles. The van der Waals surface area contributed by atoms with Crippen molar-refractivity contribution in [1.29, 1.82) is 0 Å². The molecule has 0 saturated carbocycles. The van der Waals surface area contributed by atoms with E-state index in [0.29, 0.717) is 58.8 Å². The highest BCUT2D eigenvalue weighted by atomic mass is 32.2. The van der Waals surface area contributed by atoms with Gasteiger partial charge in [0.2, 0.25) is 15.9 Å². The van der Waals surface area contributed by atoms with E-state index in [1.807, 2.05) is 13.8 Å². The van der Waals surface area contributed by atoms with Crippen molar-refractivity contribution in [3.8, 4) is 0 Å². The number of carbonyl (C=O) groups is 1. The highest BCUT2D eigenvalue weighted by Crippen LogP contribution is 2.32. The van der Waals surface area contributed by atoms with E-state index in [1.54, 1.807) is 4.90 Å². The summed E-state index contributed by atoms with van der Waals surface area (Å²) in [5.74, 6) is 0.0157. The smallest absolute Gasteiger partial charge is 0.230 e. The molecule has 0 spiro atoms. The second-order valence-corrected chi connectivity index (χ2v) is 9.11. The Bertz CT molecular complexity index is 538. The van der Waals surface area contributed by atoms with Crippen LogP contribution in [0.1, 0.15) is 26.7 Å². The summed E-state index contributed by atoms with van der Waals surface area (Å²) in [6, 6.07) is 0. The minimum absolute atomic E-state index is 0.0107. The van der Waals surface area contributed by atoms with Crippen LogP contribution in [0.15, 0.2) is 0 Å². The van der Waals surface area contributed by atoms with Crippen LogP contribution in [0, 0.1) is 5.41 Å². The summed E-state index contributed by atoms with van der Waals surface area (Å²) in [6.07, 6.45) is 1.28. The van der Waals surface area contributed by atoms with E-state index in [-0.39, 0.29) is 24.4 Å². The summed E-state index contributed by atoms with van der Waals surface area (Å²) >= 11 is 0. The molecule has 0 aromatic rings. The third kappa shape index (κ3) is 5.13. The first kappa shape index (κ1) is 20.6. The molecule has 0 aromatic heterocycles. The topological polar surface area (TPSA) is 102 Å². The minimum Gasteiger partial charge on any atom is -0.381 e. The number of sulfonamides is 1. The van der Waals surface area contributed by atoms with E-state index in [4.69, 9.17) is 15.2 Å². The summed E-state index contributed by atoms with van der Waals surface area (Å²) in [7, 11) is -3.35. The van der Waals surface area contributed by atoms with Crippen molar-refractivity contribution in [3.05, 3.63) is 0 Å². The lowest BCUT2D eigenvalue weighted by molar-refractivity contribution is -0.148. The fraction of sp³-hybridized carbons (Fsp3) is 0.938. The highest BCUT2D eigenvalue weighted by molar-refractivity contribution is 7.89. The van der Waals surface area contributed by atoms with Crippen molar-refractivity contribution in [2.75, 3.05) is 58.3 Å². The van der Waals surface area contributed by atoms with Gasteiger partial charge in [-0.15, -0.1) is 0 Å². The maximum absolute atomic E-state index is 12.9. The second-order valence-electron chi connectivity index (χ2n) is 7.02. The fourth-order valence-electron chi connectivity index (χ4n) is 3.29. The van der Waals surface area contributed by atoms with Gasteiger partial charge in [0.15, 0.2) is 0 Å². The van der Waals surface area contributed by atoms with Crippen molar-refractivity contribution in [3.63, 3.8) is 0 Å². The second kappa shape index (κ2) is 8.77. The van der Waals surface area contributed by atoms with E-state index in [1.165, 1.54) is 4.31 Å². The van der Waals surface area contributed by atoms with Gasteiger partial charge in [-0.3, -0.25) is 4.79 Å². The lowest BCUT2D eigenvalue weighted by atomic mass is 9.78. The Morgan fingerprint density at radius 1 is 1.20 bits per heavy atom. The molecule has 0 aromatic carbocycles. The van der Waals surface area contributed by atoms with Crippen molar-refractivity contribution in [2.45, 2.75) is 32.8 Å². The number of piperazine rings is 1. The summed E-state index contributed by atoms with van der Waals surface area (Å²) < 4.78 is 36.9. The number of carbonyl (C=O) groups excluding carboxylic acids is 1. The molecule has 2 rings (SSSR count). The third-order valence-corrected chi connectivity index (χ3v) is 6.84. The van der Waals surface area contributed by atoms with Crippen LogP contribution in [-0.4, -0.2) is 87.9 Å². The molecule has 146 valence electrons. The van der Waals surface area contributed by atoms with Crippen LogP contribution < -0.4 is 5.73 Å². The Labute approximate surface area is 150 Å². The molecule has 2 fully saturated rings. The lowest BCUT2D eigenvalue weighted by Crippen LogP contribution is -2.57. The Balaban J connectivity index is 1.89. The normalized spacial score (nSPS) is 22.3. The van der Waals surface area contributed by atoms with Crippen LogP contribution in [-0.2, 0) is 24.3 Å². The molecule has 25 heavy (non-hydrogen) atoms. The van der Waals surface area contributed by atoms with Crippen LogP contribution in [0.2, 0.25) is 0 Å². The number of hydrogen-bond acceptors (Lipinski definition) is 6. The molecule has 2 saturated heterocycles. The standard InChI is InChI=1S/C16H31N3O5S/c1-14(2)24-11-12-25(21,22)19-7-5-18(6-8-19)15(20)16(13-17)3-9-23-10-4-16/h14H,3-13,17H2,1-2H3.